The fourth-order valence-electron chi connectivity index (χ4n) is 2.44. The normalized spacial score (nSPS) is 11.6. The number of rotatable bonds is 6. The number of hydrogen-bond donors (Lipinski definition) is 3. The summed E-state index contributed by atoms with van der Waals surface area (Å²) in [6, 6.07) is 8.85. The zero-order valence-electron chi connectivity index (χ0n) is 15.2. The number of amides is 2. The molecule has 0 saturated heterocycles. The van der Waals surface area contributed by atoms with Crippen LogP contribution in [0.2, 0.25) is 0 Å². The molecule has 10 heteroatoms. The first kappa shape index (κ1) is 18.8. The molecule has 10 nitrogen and oxygen atoms in total. The molecule has 2 aromatic heterocycles. The van der Waals surface area contributed by atoms with Crippen LogP contribution >= 0.6 is 0 Å². The summed E-state index contributed by atoms with van der Waals surface area (Å²) in [4.78, 5) is 35.5. The van der Waals surface area contributed by atoms with Gasteiger partial charge in [0.2, 0.25) is 5.91 Å². The first-order valence-electron chi connectivity index (χ1n) is 8.34. The number of aryl methyl sites for hydroxylation is 1. The third-order valence-electron chi connectivity index (χ3n) is 3.94. The highest BCUT2D eigenvalue weighted by atomic mass is 16.4. The van der Waals surface area contributed by atoms with E-state index in [9.17, 15) is 14.4 Å². The first-order valence-corrected chi connectivity index (χ1v) is 8.34. The second kappa shape index (κ2) is 7.74. The Kier molecular flexibility index (Phi) is 5.21. The first-order chi connectivity index (χ1) is 13.3. The smallest absolute Gasteiger partial charge is 0.356 e. The quantitative estimate of drug-likeness (QED) is 0.595. The van der Waals surface area contributed by atoms with Crippen LogP contribution in [0.15, 0.2) is 48.8 Å². The number of aromatic carboxylic acids is 1. The molecule has 1 aromatic carbocycles. The van der Waals surface area contributed by atoms with Crippen LogP contribution in [0.1, 0.15) is 33.9 Å². The fourth-order valence-corrected chi connectivity index (χ4v) is 2.44. The van der Waals surface area contributed by atoms with Crippen molar-refractivity contribution in [3.63, 3.8) is 0 Å². The van der Waals surface area contributed by atoms with Crippen molar-refractivity contribution in [1.29, 1.82) is 0 Å². The van der Waals surface area contributed by atoms with Gasteiger partial charge >= 0.3 is 5.97 Å². The van der Waals surface area contributed by atoms with E-state index in [0.717, 1.165) is 0 Å². The van der Waals surface area contributed by atoms with Gasteiger partial charge in [-0.2, -0.15) is 10.2 Å². The number of carbonyl (C=O) groups excluding carboxylic acids is 2. The molecule has 1 atom stereocenters. The highest BCUT2D eigenvalue weighted by Crippen LogP contribution is 2.18. The summed E-state index contributed by atoms with van der Waals surface area (Å²) in [7, 11) is 1.72. The minimum absolute atomic E-state index is 0.140. The third-order valence-corrected chi connectivity index (χ3v) is 3.94. The van der Waals surface area contributed by atoms with Gasteiger partial charge in [-0.15, -0.1) is 0 Å². The topological polar surface area (TPSA) is 131 Å². The van der Waals surface area contributed by atoms with E-state index in [2.05, 4.69) is 20.8 Å². The van der Waals surface area contributed by atoms with Crippen molar-refractivity contribution < 1.29 is 19.5 Å². The summed E-state index contributed by atoms with van der Waals surface area (Å²) >= 11 is 0. The van der Waals surface area contributed by atoms with E-state index >= 15 is 0 Å². The number of anilines is 2. The van der Waals surface area contributed by atoms with Crippen LogP contribution in [0, 0.1) is 0 Å². The van der Waals surface area contributed by atoms with Crippen molar-refractivity contribution >= 4 is 29.2 Å². The van der Waals surface area contributed by atoms with Crippen molar-refractivity contribution in [2.45, 2.75) is 13.0 Å². The van der Waals surface area contributed by atoms with Gasteiger partial charge in [0.15, 0.2) is 11.4 Å². The second-order valence-electron chi connectivity index (χ2n) is 6.06. The van der Waals surface area contributed by atoms with E-state index in [1.54, 1.807) is 50.5 Å². The predicted molar refractivity (Wildman–Crippen MR) is 100 cm³/mol. The monoisotopic (exact) mass is 382 g/mol. The van der Waals surface area contributed by atoms with E-state index in [0.29, 0.717) is 11.4 Å². The zero-order chi connectivity index (χ0) is 20.3. The SMILES string of the molecule is CC(C(=O)Nc1cccc(NC(=O)c2ccn(C)n2)c1)n1ccc(C(=O)O)n1. The van der Waals surface area contributed by atoms with Gasteiger partial charge in [0.1, 0.15) is 6.04 Å². The number of nitrogens with one attached hydrogen (secondary N) is 2. The molecule has 3 aromatic rings. The number of carboxylic acid groups (broad SMARTS) is 1. The van der Waals surface area contributed by atoms with E-state index in [1.807, 2.05) is 0 Å². The van der Waals surface area contributed by atoms with Crippen LogP contribution < -0.4 is 10.6 Å². The average molecular weight is 382 g/mol. The number of carboxylic acids is 1. The van der Waals surface area contributed by atoms with Crippen molar-refractivity contribution in [3.8, 4) is 0 Å². The Balaban J connectivity index is 1.67. The van der Waals surface area contributed by atoms with E-state index in [-0.39, 0.29) is 23.2 Å². The minimum Gasteiger partial charge on any atom is -0.476 e. The lowest BCUT2D eigenvalue weighted by molar-refractivity contribution is -0.119. The molecule has 0 aliphatic heterocycles. The van der Waals surface area contributed by atoms with Crippen LogP contribution in [-0.2, 0) is 11.8 Å². The van der Waals surface area contributed by atoms with Crippen molar-refractivity contribution in [2.24, 2.45) is 7.05 Å². The Morgan fingerprint density at radius 3 is 2.29 bits per heavy atom. The molecule has 0 saturated carbocycles. The standard InChI is InChI=1S/C18H18N6O4/c1-11(24-9-7-15(22-24)18(27)28)16(25)19-12-4-3-5-13(10-12)20-17(26)14-6-8-23(2)21-14/h3-11H,1-2H3,(H,19,25)(H,20,26)(H,27,28). The summed E-state index contributed by atoms with van der Waals surface area (Å²) in [6.07, 6.45) is 3.09. The lowest BCUT2D eigenvalue weighted by Crippen LogP contribution is -2.24. The molecule has 0 bridgehead atoms. The molecule has 0 aliphatic rings. The summed E-state index contributed by atoms with van der Waals surface area (Å²) in [6.45, 7) is 1.60. The van der Waals surface area contributed by atoms with Crippen LogP contribution in [0.25, 0.3) is 0 Å². The Morgan fingerprint density at radius 1 is 1.00 bits per heavy atom. The van der Waals surface area contributed by atoms with Gasteiger partial charge in [-0.3, -0.25) is 19.0 Å². The second-order valence-corrected chi connectivity index (χ2v) is 6.06. The van der Waals surface area contributed by atoms with Gasteiger partial charge in [0, 0.05) is 30.8 Å². The van der Waals surface area contributed by atoms with E-state index < -0.39 is 12.0 Å². The summed E-state index contributed by atoms with van der Waals surface area (Å²) in [5.41, 5.74) is 1.10. The molecule has 144 valence electrons. The Hall–Kier alpha value is -3.95. The van der Waals surface area contributed by atoms with Crippen molar-refractivity contribution in [1.82, 2.24) is 19.6 Å². The molecule has 1 unspecified atom stereocenters. The lowest BCUT2D eigenvalue weighted by Gasteiger charge is -2.13. The highest BCUT2D eigenvalue weighted by Gasteiger charge is 2.18. The number of nitrogens with zero attached hydrogens (tertiary/aromatic N) is 4. The van der Waals surface area contributed by atoms with Crippen LogP contribution in [0.5, 0.6) is 0 Å². The van der Waals surface area contributed by atoms with E-state index in [1.165, 1.54) is 21.6 Å². The molecule has 0 fully saturated rings. The molecule has 28 heavy (non-hydrogen) atoms. The van der Waals surface area contributed by atoms with Crippen LogP contribution in [-0.4, -0.2) is 42.5 Å². The lowest BCUT2D eigenvalue weighted by atomic mass is 10.2. The van der Waals surface area contributed by atoms with E-state index in [4.69, 9.17) is 5.11 Å². The van der Waals surface area contributed by atoms with Gasteiger partial charge in [-0.25, -0.2) is 4.79 Å². The van der Waals surface area contributed by atoms with Crippen molar-refractivity contribution in [2.75, 3.05) is 10.6 Å². The Morgan fingerprint density at radius 2 is 1.68 bits per heavy atom. The molecule has 2 amide bonds. The zero-order valence-corrected chi connectivity index (χ0v) is 15.2. The average Bonchev–Trinajstić information content (AvgIpc) is 3.30. The number of hydrogen-bond acceptors (Lipinski definition) is 5. The van der Waals surface area contributed by atoms with Crippen LogP contribution in [0.3, 0.4) is 0 Å². The van der Waals surface area contributed by atoms with Gasteiger partial charge in [0.05, 0.1) is 0 Å². The molecular formula is C18H18N6O4. The summed E-state index contributed by atoms with van der Waals surface area (Å²) in [5.74, 6) is -1.91. The van der Waals surface area contributed by atoms with Crippen LogP contribution in [0.4, 0.5) is 11.4 Å². The van der Waals surface area contributed by atoms with Gasteiger partial charge in [-0.1, -0.05) is 6.07 Å². The molecule has 2 heterocycles. The highest BCUT2D eigenvalue weighted by molar-refractivity contribution is 6.03. The maximum absolute atomic E-state index is 12.4. The molecule has 0 aliphatic carbocycles. The molecule has 0 radical (unpaired) electrons. The molecule has 0 spiro atoms. The van der Waals surface area contributed by atoms with Gasteiger partial charge in [0.25, 0.3) is 5.91 Å². The molecule has 3 N–H and O–H groups in total. The number of benzene rings is 1. The number of aromatic nitrogens is 4. The minimum atomic E-state index is -1.16. The maximum atomic E-state index is 12.4. The van der Waals surface area contributed by atoms with Gasteiger partial charge < -0.3 is 15.7 Å². The summed E-state index contributed by atoms with van der Waals surface area (Å²) < 4.78 is 2.80. The largest absolute Gasteiger partial charge is 0.476 e. The third kappa shape index (κ3) is 4.23. The Labute approximate surface area is 159 Å². The van der Waals surface area contributed by atoms with Crippen molar-refractivity contribution in [3.05, 3.63) is 60.2 Å². The maximum Gasteiger partial charge on any atom is 0.356 e. The fraction of sp³-hybridized carbons (Fsp3) is 0.167. The van der Waals surface area contributed by atoms with Gasteiger partial charge in [-0.05, 0) is 37.3 Å². The Bertz CT molecular complexity index is 1040. The predicted octanol–water partition coefficient (Wildman–Crippen LogP) is 1.77. The summed E-state index contributed by atoms with van der Waals surface area (Å²) in [5, 5.41) is 22.2. The molecule has 3 rings (SSSR count). The number of carbonyl (C=O) groups is 3. The molecular weight excluding hydrogens is 364 g/mol.